The van der Waals surface area contributed by atoms with Crippen molar-refractivity contribution in [3.8, 4) is 5.69 Å². The highest BCUT2D eigenvalue weighted by molar-refractivity contribution is 9.10. The fourth-order valence-electron chi connectivity index (χ4n) is 2.68. The number of hydrogen-bond donors (Lipinski definition) is 1. The standard InChI is InChI=1S/C17H24BrN3/c1-4-15-13(11-12-19-6-3)16(5-2)21(20-15)17-10-8-7-9-14(17)18/h7-10,19H,4-6,11-12H2,1-3H3. The van der Waals surface area contributed by atoms with Crippen LogP contribution < -0.4 is 5.32 Å². The molecule has 4 heteroatoms. The van der Waals surface area contributed by atoms with Crippen LogP contribution in [0.25, 0.3) is 5.69 Å². The van der Waals surface area contributed by atoms with Crippen molar-refractivity contribution in [2.24, 2.45) is 0 Å². The van der Waals surface area contributed by atoms with Gasteiger partial charge in [0.2, 0.25) is 0 Å². The number of likely N-dealkylation sites (N-methyl/N-ethyl adjacent to an activating group) is 1. The van der Waals surface area contributed by atoms with Gasteiger partial charge in [0.25, 0.3) is 0 Å². The maximum atomic E-state index is 4.87. The number of nitrogens with one attached hydrogen (secondary N) is 1. The highest BCUT2D eigenvalue weighted by Crippen LogP contribution is 2.25. The van der Waals surface area contributed by atoms with Crippen LogP contribution >= 0.6 is 15.9 Å². The van der Waals surface area contributed by atoms with E-state index in [1.165, 1.54) is 17.0 Å². The summed E-state index contributed by atoms with van der Waals surface area (Å²) in [6.45, 7) is 8.56. The normalized spacial score (nSPS) is 11.0. The molecule has 0 radical (unpaired) electrons. The highest BCUT2D eigenvalue weighted by atomic mass is 79.9. The fraction of sp³-hybridized carbons (Fsp3) is 0.471. The molecular formula is C17H24BrN3. The predicted molar refractivity (Wildman–Crippen MR) is 92.3 cm³/mol. The number of aromatic nitrogens is 2. The number of benzene rings is 1. The minimum atomic E-state index is 0.978. The SMILES string of the molecule is CCNCCc1c(CC)nn(-c2ccccc2Br)c1CC. The van der Waals surface area contributed by atoms with E-state index in [1.807, 2.05) is 6.07 Å². The Hall–Kier alpha value is -1.13. The lowest BCUT2D eigenvalue weighted by atomic mass is 10.1. The number of halogens is 1. The van der Waals surface area contributed by atoms with Gasteiger partial charge in [-0.15, -0.1) is 0 Å². The van der Waals surface area contributed by atoms with E-state index in [0.29, 0.717) is 0 Å². The third kappa shape index (κ3) is 3.55. The Balaban J connectivity index is 2.45. The van der Waals surface area contributed by atoms with Crippen molar-refractivity contribution in [1.29, 1.82) is 0 Å². The van der Waals surface area contributed by atoms with E-state index in [-0.39, 0.29) is 0 Å². The Bertz CT molecular complexity index is 590. The van der Waals surface area contributed by atoms with E-state index in [1.54, 1.807) is 0 Å². The topological polar surface area (TPSA) is 29.9 Å². The molecule has 1 aromatic carbocycles. The van der Waals surface area contributed by atoms with Crippen molar-refractivity contribution >= 4 is 15.9 Å². The monoisotopic (exact) mass is 349 g/mol. The van der Waals surface area contributed by atoms with E-state index < -0.39 is 0 Å². The lowest BCUT2D eigenvalue weighted by molar-refractivity contribution is 0.709. The first kappa shape index (κ1) is 16.2. The van der Waals surface area contributed by atoms with Gasteiger partial charge in [-0.3, -0.25) is 0 Å². The van der Waals surface area contributed by atoms with Crippen LogP contribution in [0.3, 0.4) is 0 Å². The zero-order valence-corrected chi connectivity index (χ0v) is 14.7. The van der Waals surface area contributed by atoms with Gasteiger partial charge in [0, 0.05) is 10.2 Å². The second-order valence-electron chi connectivity index (χ2n) is 5.05. The highest BCUT2D eigenvalue weighted by Gasteiger charge is 2.17. The van der Waals surface area contributed by atoms with Gasteiger partial charge in [0.1, 0.15) is 0 Å². The number of rotatable bonds is 7. The molecule has 0 spiro atoms. The lowest BCUT2D eigenvalue weighted by Crippen LogP contribution is -2.17. The molecule has 0 unspecified atom stereocenters. The van der Waals surface area contributed by atoms with Crippen LogP contribution in [-0.2, 0) is 19.3 Å². The molecule has 0 fully saturated rings. The molecule has 0 bridgehead atoms. The molecule has 0 saturated heterocycles. The van der Waals surface area contributed by atoms with Crippen molar-refractivity contribution in [3.05, 3.63) is 45.7 Å². The Labute approximate surface area is 135 Å². The van der Waals surface area contributed by atoms with Crippen LogP contribution in [-0.4, -0.2) is 22.9 Å². The largest absolute Gasteiger partial charge is 0.317 e. The molecule has 1 N–H and O–H groups in total. The first-order chi connectivity index (χ1) is 10.2. The molecule has 0 aliphatic rings. The van der Waals surface area contributed by atoms with E-state index in [9.17, 15) is 0 Å². The smallest absolute Gasteiger partial charge is 0.0790 e. The summed E-state index contributed by atoms with van der Waals surface area (Å²) in [5.41, 5.74) is 5.09. The number of para-hydroxylation sites is 1. The lowest BCUT2D eigenvalue weighted by Gasteiger charge is -2.10. The third-order valence-corrected chi connectivity index (χ3v) is 4.40. The number of aryl methyl sites for hydroxylation is 1. The van der Waals surface area contributed by atoms with Gasteiger partial charge < -0.3 is 5.32 Å². The Morgan fingerprint density at radius 2 is 1.90 bits per heavy atom. The summed E-state index contributed by atoms with van der Waals surface area (Å²) in [6, 6.07) is 8.28. The molecule has 21 heavy (non-hydrogen) atoms. The molecule has 0 atom stereocenters. The first-order valence-corrected chi connectivity index (χ1v) is 8.57. The first-order valence-electron chi connectivity index (χ1n) is 7.78. The maximum absolute atomic E-state index is 4.87. The molecule has 0 aliphatic carbocycles. The van der Waals surface area contributed by atoms with Crippen LogP contribution in [0, 0.1) is 0 Å². The van der Waals surface area contributed by atoms with Crippen LogP contribution in [0.5, 0.6) is 0 Å². The molecule has 2 aromatic rings. The van der Waals surface area contributed by atoms with Crippen molar-refractivity contribution in [2.75, 3.05) is 13.1 Å². The number of hydrogen-bond acceptors (Lipinski definition) is 2. The average Bonchev–Trinajstić information content (AvgIpc) is 2.85. The van der Waals surface area contributed by atoms with Crippen molar-refractivity contribution < 1.29 is 0 Å². The second-order valence-corrected chi connectivity index (χ2v) is 5.90. The van der Waals surface area contributed by atoms with Crippen molar-refractivity contribution in [3.63, 3.8) is 0 Å². The van der Waals surface area contributed by atoms with Crippen molar-refractivity contribution in [1.82, 2.24) is 15.1 Å². The molecule has 3 nitrogen and oxygen atoms in total. The van der Waals surface area contributed by atoms with Crippen molar-refractivity contribution in [2.45, 2.75) is 40.0 Å². The zero-order valence-electron chi connectivity index (χ0n) is 13.1. The van der Waals surface area contributed by atoms with Crippen LogP contribution in [0.4, 0.5) is 0 Å². The third-order valence-electron chi connectivity index (χ3n) is 3.73. The van der Waals surface area contributed by atoms with E-state index in [4.69, 9.17) is 5.10 Å². The zero-order chi connectivity index (χ0) is 15.2. The summed E-state index contributed by atoms with van der Waals surface area (Å²) >= 11 is 3.64. The molecule has 114 valence electrons. The molecule has 2 rings (SSSR count). The molecule has 1 aromatic heterocycles. The number of nitrogens with zero attached hydrogens (tertiary/aromatic N) is 2. The van der Waals surface area contributed by atoms with Gasteiger partial charge in [-0.05, 0) is 66.0 Å². The minimum Gasteiger partial charge on any atom is -0.317 e. The predicted octanol–water partition coefficient (Wildman–Crippen LogP) is 3.91. The maximum Gasteiger partial charge on any atom is 0.0790 e. The Kier molecular flexibility index (Phi) is 6.00. The minimum absolute atomic E-state index is 0.978. The fourth-order valence-corrected chi connectivity index (χ4v) is 3.14. The summed E-state index contributed by atoms with van der Waals surface area (Å²) in [4.78, 5) is 0. The summed E-state index contributed by atoms with van der Waals surface area (Å²) < 4.78 is 3.20. The van der Waals surface area contributed by atoms with Gasteiger partial charge in [0.05, 0.1) is 11.4 Å². The summed E-state index contributed by atoms with van der Waals surface area (Å²) in [5, 5.41) is 8.28. The van der Waals surface area contributed by atoms with Gasteiger partial charge in [0.15, 0.2) is 0 Å². The summed E-state index contributed by atoms with van der Waals surface area (Å²) in [6.07, 6.45) is 3.02. The molecular weight excluding hydrogens is 326 g/mol. The summed E-state index contributed by atoms with van der Waals surface area (Å²) in [7, 11) is 0. The molecule has 0 aliphatic heterocycles. The van der Waals surface area contributed by atoms with E-state index in [2.05, 4.69) is 64.9 Å². The molecule has 0 amide bonds. The second kappa shape index (κ2) is 7.76. The Morgan fingerprint density at radius 1 is 1.14 bits per heavy atom. The van der Waals surface area contributed by atoms with Crippen LogP contribution in [0.2, 0.25) is 0 Å². The van der Waals surface area contributed by atoms with E-state index >= 15 is 0 Å². The van der Waals surface area contributed by atoms with Gasteiger partial charge >= 0.3 is 0 Å². The van der Waals surface area contributed by atoms with Gasteiger partial charge in [-0.2, -0.15) is 5.10 Å². The van der Waals surface area contributed by atoms with Gasteiger partial charge in [-0.1, -0.05) is 32.9 Å². The molecule has 0 saturated carbocycles. The summed E-state index contributed by atoms with van der Waals surface area (Å²) in [5.74, 6) is 0. The quantitative estimate of drug-likeness (QED) is 0.768. The average molecular weight is 350 g/mol. The Morgan fingerprint density at radius 3 is 2.52 bits per heavy atom. The molecule has 1 heterocycles. The van der Waals surface area contributed by atoms with Gasteiger partial charge in [-0.25, -0.2) is 4.68 Å². The van der Waals surface area contributed by atoms with Crippen LogP contribution in [0.1, 0.15) is 37.7 Å². The van der Waals surface area contributed by atoms with Crippen LogP contribution in [0.15, 0.2) is 28.7 Å². The van der Waals surface area contributed by atoms with E-state index in [0.717, 1.165) is 42.5 Å².